The normalized spacial score (nSPS) is 10.3. The summed E-state index contributed by atoms with van der Waals surface area (Å²) in [6, 6.07) is 0. The van der Waals surface area contributed by atoms with Crippen LogP contribution in [-0.4, -0.2) is 16.6 Å². The van der Waals surface area contributed by atoms with Crippen LogP contribution in [0.3, 0.4) is 0 Å². The van der Waals surface area contributed by atoms with Crippen molar-refractivity contribution in [2.45, 2.75) is 18.1 Å². The number of alkyl halides is 1. The summed E-state index contributed by atoms with van der Waals surface area (Å²) in [4.78, 5) is 3.98. The van der Waals surface area contributed by atoms with Gasteiger partial charge in [-0.25, -0.2) is 4.98 Å². The topological polar surface area (TPSA) is 26.0 Å². The van der Waals surface area contributed by atoms with Gasteiger partial charge in [0.2, 0.25) is 0 Å². The molecule has 0 unspecified atom stereocenters. The first kappa shape index (κ1) is 8.94. The molecule has 2 nitrogen and oxygen atoms in total. The van der Waals surface area contributed by atoms with Crippen molar-refractivity contribution >= 4 is 23.4 Å². The Morgan fingerprint density at radius 1 is 1.55 bits per heavy atom. The van der Waals surface area contributed by atoms with E-state index in [1.165, 1.54) is 0 Å². The zero-order valence-corrected chi connectivity index (χ0v) is 7.70. The van der Waals surface area contributed by atoms with E-state index in [0.29, 0.717) is 0 Å². The van der Waals surface area contributed by atoms with Crippen LogP contribution in [0, 0.1) is 0 Å². The maximum atomic E-state index is 5.51. The lowest BCUT2D eigenvalue weighted by Crippen LogP contribution is -1.81. The summed E-state index contributed by atoms with van der Waals surface area (Å²) in [6.07, 6.45) is 5.43. The van der Waals surface area contributed by atoms with E-state index in [1.54, 1.807) is 24.2 Å². The highest BCUT2D eigenvalue weighted by Crippen LogP contribution is 2.16. The number of halogens is 1. The molecule has 0 aliphatic carbocycles. The maximum Gasteiger partial charge on any atom is 0.255 e. The standard InChI is InChI=1S/C7H10ClNOS/c8-3-1-2-6-11-7-9-4-5-10-7/h4-5H,1-3,6H2. The Bertz CT molecular complexity index is 179. The fraction of sp³-hybridized carbons (Fsp3) is 0.571. The summed E-state index contributed by atoms with van der Waals surface area (Å²) in [5.74, 6) is 1.78. The second-order valence-electron chi connectivity index (χ2n) is 2.04. The molecule has 0 N–H and O–H groups in total. The van der Waals surface area contributed by atoms with Crippen molar-refractivity contribution in [2.24, 2.45) is 0 Å². The minimum Gasteiger partial charge on any atom is -0.440 e. The second kappa shape index (κ2) is 5.49. The highest BCUT2D eigenvalue weighted by molar-refractivity contribution is 7.99. The van der Waals surface area contributed by atoms with Gasteiger partial charge in [0.05, 0.1) is 6.20 Å². The largest absolute Gasteiger partial charge is 0.440 e. The fourth-order valence-corrected chi connectivity index (χ4v) is 1.61. The Labute approximate surface area is 75.3 Å². The second-order valence-corrected chi connectivity index (χ2v) is 3.47. The Hall–Kier alpha value is -0.150. The van der Waals surface area contributed by atoms with Gasteiger partial charge in [0, 0.05) is 11.6 Å². The van der Waals surface area contributed by atoms with Crippen LogP contribution >= 0.6 is 23.4 Å². The van der Waals surface area contributed by atoms with Crippen molar-refractivity contribution in [3.63, 3.8) is 0 Å². The highest BCUT2D eigenvalue weighted by Gasteiger charge is 1.96. The molecular formula is C7H10ClNOS. The van der Waals surface area contributed by atoms with Crippen LogP contribution in [0.1, 0.15) is 12.8 Å². The molecule has 0 aliphatic heterocycles. The average Bonchev–Trinajstić information content (AvgIpc) is 2.50. The zero-order chi connectivity index (χ0) is 7.94. The van der Waals surface area contributed by atoms with Crippen molar-refractivity contribution in [3.05, 3.63) is 12.5 Å². The molecule has 1 aromatic heterocycles. The molecule has 0 spiro atoms. The van der Waals surface area contributed by atoms with E-state index in [2.05, 4.69) is 4.98 Å². The Kier molecular flexibility index (Phi) is 4.47. The predicted molar refractivity (Wildman–Crippen MR) is 47.2 cm³/mol. The molecule has 62 valence electrons. The third-order valence-corrected chi connectivity index (χ3v) is 2.37. The van der Waals surface area contributed by atoms with Gasteiger partial charge in [0.15, 0.2) is 0 Å². The lowest BCUT2D eigenvalue weighted by atomic mass is 10.4. The fourth-order valence-electron chi connectivity index (χ4n) is 0.638. The Balaban J connectivity index is 2.04. The molecule has 0 radical (unpaired) electrons. The molecule has 0 amide bonds. The van der Waals surface area contributed by atoms with Gasteiger partial charge in [-0.15, -0.1) is 11.6 Å². The molecule has 0 saturated heterocycles. The van der Waals surface area contributed by atoms with E-state index in [0.717, 1.165) is 29.7 Å². The summed E-state index contributed by atoms with van der Waals surface area (Å²) in [5.41, 5.74) is 0. The van der Waals surface area contributed by atoms with Crippen molar-refractivity contribution in [2.75, 3.05) is 11.6 Å². The number of hydrogen-bond acceptors (Lipinski definition) is 3. The van der Waals surface area contributed by atoms with Crippen LogP contribution in [0.4, 0.5) is 0 Å². The zero-order valence-electron chi connectivity index (χ0n) is 6.12. The molecule has 11 heavy (non-hydrogen) atoms. The van der Waals surface area contributed by atoms with Gasteiger partial charge < -0.3 is 4.42 Å². The van der Waals surface area contributed by atoms with E-state index < -0.39 is 0 Å². The molecule has 0 atom stereocenters. The number of hydrogen-bond donors (Lipinski definition) is 0. The summed E-state index contributed by atoms with van der Waals surface area (Å²) < 4.78 is 5.03. The molecule has 0 fully saturated rings. The number of unbranched alkanes of at least 4 members (excludes halogenated alkanes) is 1. The van der Waals surface area contributed by atoms with E-state index in [-0.39, 0.29) is 0 Å². The molecule has 1 aromatic rings. The Morgan fingerprint density at radius 3 is 3.09 bits per heavy atom. The Morgan fingerprint density at radius 2 is 2.45 bits per heavy atom. The van der Waals surface area contributed by atoms with E-state index in [9.17, 15) is 0 Å². The number of rotatable bonds is 5. The molecule has 0 aliphatic rings. The quantitative estimate of drug-likeness (QED) is 0.407. The predicted octanol–water partition coefficient (Wildman–Crippen LogP) is 2.79. The van der Waals surface area contributed by atoms with Crippen LogP contribution in [-0.2, 0) is 0 Å². The van der Waals surface area contributed by atoms with E-state index in [4.69, 9.17) is 16.0 Å². The van der Waals surface area contributed by atoms with Crippen molar-refractivity contribution in [1.29, 1.82) is 0 Å². The van der Waals surface area contributed by atoms with Gasteiger partial charge in [-0.05, 0) is 12.8 Å². The molecule has 0 aromatic carbocycles. The van der Waals surface area contributed by atoms with Gasteiger partial charge in [-0.3, -0.25) is 0 Å². The van der Waals surface area contributed by atoms with Gasteiger partial charge in [0.1, 0.15) is 6.26 Å². The van der Waals surface area contributed by atoms with Gasteiger partial charge in [-0.2, -0.15) is 0 Å². The number of oxazole rings is 1. The number of nitrogens with zero attached hydrogens (tertiary/aromatic N) is 1. The molecule has 4 heteroatoms. The summed E-state index contributed by atoms with van der Waals surface area (Å²) in [7, 11) is 0. The van der Waals surface area contributed by atoms with Gasteiger partial charge >= 0.3 is 0 Å². The summed E-state index contributed by atoms with van der Waals surface area (Å²) in [6.45, 7) is 0. The minimum absolute atomic E-state index is 0.742. The highest BCUT2D eigenvalue weighted by atomic mass is 35.5. The summed E-state index contributed by atoms with van der Waals surface area (Å²) >= 11 is 7.14. The van der Waals surface area contributed by atoms with Crippen molar-refractivity contribution in [3.8, 4) is 0 Å². The number of aromatic nitrogens is 1. The molecule has 1 rings (SSSR count). The minimum atomic E-state index is 0.742. The smallest absolute Gasteiger partial charge is 0.255 e. The maximum absolute atomic E-state index is 5.51. The first-order chi connectivity index (χ1) is 5.43. The third-order valence-electron chi connectivity index (χ3n) is 1.16. The molecule has 0 saturated carbocycles. The van der Waals surface area contributed by atoms with Crippen molar-refractivity contribution < 1.29 is 4.42 Å². The van der Waals surface area contributed by atoms with Crippen LogP contribution < -0.4 is 0 Å². The SMILES string of the molecule is ClCCCCSc1ncco1. The van der Waals surface area contributed by atoms with Crippen LogP contribution in [0.25, 0.3) is 0 Å². The van der Waals surface area contributed by atoms with Crippen LogP contribution in [0.5, 0.6) is 0 Å². The summed E-state index contributed by atoms with van der Waals surface area (Å²) in [5, 5.41) is 0.750. The first-order valence-electron chi connectivity index (χ1n) is 3.52. The van der Waals surface area contributed by atoms with Crippen LogP contribution in [0.2, 0.25) is 0 Å². The average molecular weight is 192 g/mol. The lowest BCUT2D eigenvalue weighted by molar-refractivity contribution is 0.454. The van der Waals surface area contributed by atoms with E-state index >= 15 is 0 Å². The monoisotopic (exact) mass is 191 g/mol. The molecular weight excluding hydrogens is 182 g/mol. The molecule has 0 bridgehead atoms. The van der Waals surface area contributed by atoms with Gasteiger partial charge in [0.25, 0.3) is 5.22 Å². The van der Waals surface area contributed by atoms with E-state index in [1.807, 2.05) is 0 Å². The van der Waals surface area contributed by atoms with Crippen LogP contribution in [0.15, 0.2) is 22.1 Å². The molecule has 1 heterocycles. The first-order valence-corrected chi connectivity index (χ1v) is 5.04. The number of thioether (sulfide) groups is 1. The third kappa shape index (κ3) is 3.68. The van der Waals surface area contributed by atoms with Crippen molar-refractivity contribution in [1.82, 2.24) is 4.98 Å². The lowest BCUT2D eigenvalue weighted by Gasteiger charge is -1.93. The van der Waals surface area contributed by atoms with Gasteiger partial charge in [-0.1, -0.05) is 11.8 Å².